The molecule has 128 valence electrons. The molecule has 0 radical (unpaired) electrons. The molecule has 3 aromatic carbocycles. The van der Waals surface area contributed by atoms with E-state index in [2.05, 4.69) is 85.2 Å². The number of benzene rings is 3. The summed E-state index contributed by atoms with van der Waals surface area (Å²) in [5, 5.41) is 2.59. The van der Waals surface area contributed by atoms with E-state index in [1.165, 1.54) is 27.5 Å². The number of hydrogen-bond acceptors (Lipinski definition) is 0. The summed E-state index contributed by atoms with van der Waals surface area (Å²) in [4.78, 5) is 0. The van der Waals surface area contributed by atoms with Gasteiger partial charge < -0.3 is 0 Å². The molecule has 0 aliphatic carbocycles. The molecule has 2 heteroatoms. The van der Waals surface area contributed by atoms with Crippen LogP contribution >= 0.6 is 0 Å². The summed E-state index contributed by atoms with van der Waals surface area (Å²) in [6.45, 7) is 5.33. The number of nitrogens with zero attached hydrogens (tertiary/aromatic N) is 1. The molecular formula is C23H27N2+. The highest BCUT2D eigenvalue weighted by Gasteiger charge is 2.16. The van der Waals surface area contributed by atoms with Crippen molar-refractivity contribution in [3.63, 3.8) is 0 Å². The SMILES string of the molecule is Cc1cccc(CCC/[N+](=C\N)[C@H](C)c2cccc3ccccc23)c1. The van der Waals surface area contributed by atoms with Crippen LogP contribution in [0.2, 0.25) is 0 Å². The van der Waals surface area contributed by atoms with Gasteiger partial charge in [-0.2, -0.15) is 0 Å². The van der Waals surface area contributed by atoms with Crippen LogP contribution in [0.4, 0.5) is 0 Å². The molecule has 1 atom stereocenters. The Bertz CT molecular complexity index is 875. The Labute approximate surface area is 150 Å². The first kappa shape index (κ1) is 17.2. The van der Waals surface area contributed by atoms with Crippen molar-refractivity contribution in [3.05, 3.63) is 83.4 Å². The maximum atomic E-state index is 5.96. The molecule has 0 heterocycles. The molecule has 3 rings (SSSR count). The molecule has 25 heavy (non-hydrogen) atoms. The van der Waals surface area contributed by atoms with Crippen molar-refractivity contribution < 1.29 is 4.58 Å². The van der Waals surface area contributed by atoms with Crippen molar-refractivity contribution in [2.75, 3.05) is 6.54 Å². The van der Waals surface area contributed by atoms with Gasteiger partial charge in [0.2, 0.25) is 6.34 Å². The number of rotatable bonds is 6. The van der Waals surface area contributed by atoms with Crippen molar-refractivity contribution in [2.24, 2.45) is 5.73 Å². The van der Waals surface area contributed by atoms with Crippen LogP contribution in [0.5, 0.6) is 0 Å². The van der Waals surface area contributed by atoms with Crippen LogP contribution in [0.25, 0.3) is 10.8 Å². The normalized spacial score (nSPS) is 13.1. The second-order valence-corrected chi connectivity index (χ2v) is 6.72. The van der Waals surface area contributed by atoms with Gasteiger partial charge in [0, 0.05) is 5.56 Å². The fraction of sp³-hybridized carbons (Fsp3) is 0.261. The van der Waals surface area contributed by atoms with Crippen LogP contribution in [0.15, 0.2) is 66.7 Å². The zero-order valence-electron chi connectivity index (χ0n) is 15.2. The van der Waals surface area contributed by atoms with E-state index in [4.69, 9.17) is 5.73 Å². The fourth-order valence-corrected chi connectivity index (χ4v) is 3.52. The smallest absolute Gasteiger partial charge is 0.230 e. The molecule has 0 amide bonds. The minimum atomic E-state index is 0.258. The van der Waals surface area contributed by atoms with Gasteiger partial charge in [-0.3, -0.25) is 10.3 Å². The van der Waals surface area contributed by atoms with Crippen molar-refractivity contribution in [2.45, 2.75) is 32.7 Å². The number of fused-ring (bicyclic) bond motifs is 1. The molecule has 0 unspecified atom stereocenters. The van der Waals surface area contributed by atoms with Crippen LogP contribution in [-0.2, 0) is 6.42 Å². The molecule has 0 spiro atoms. The van der Waals surface area contributed by atoms with Crippen LogP contribution in [0, 0.1) is 6.92 Å². The first-order chi connectivity index (χ1) is 12.2. The van der Waals surface area contributed by atoms with Crippen LogP contribution in [0.1, 0.15) is 36.1 Å². The Morgan fingerprint density at radius 3 is 2.56 bits per heavy atom. The number of aryl methyl sites for hydroxylation is 2. The van der Waals surface area contributed by atoms with Crippen LogP contribution in [-0.4, -0.2) is 17.5 Å². The van der Waals surface area contributed by atoms with Gasteiger partial charge in [0.15, 0.2) is 0 Å². The Hall–Kier alpha value is -2.61. The van der Waals surface area contributed by atoms with Crippen molar-refractivity contribution in [1.29, 1.82) is 0 Å². The Morgan fingerprint density at radius 1 is 1.00 bits per heavy atom. The van der Waals surface area contributed by atoms with Gasteiger partial charge >= 0.3 is 0 Å². The lowest BCUT2D eigenvalue weighted by Crippen LogP contribution is -2.23. The Kier molecular flexibility index (Phi) is 5.49. The third kappa shape index (κ3) is 4.08. The van der Waals surface area contributed by atoms with Crippen molar-refractivity contribution in [1.82, 2.24) is 0 Å². The minimum Gasteiger partial charge on any atom is -0.294 e. The largest absolute Gasteiger partial charge is 0.294 e. The molecule has 0 aliphatic heterocycles. The van der Waals surface area contributed by atoms with Gasteiger partial charge in [0.1, 0.15) is 6.04 Å². The Morgan fingerprint density at radius 2 is 1.76 bits per heavy atom. The van der Waals surface area contributed by atoms with Gasteiger partial charge in [-0.15, -0.1) is 0 Å². The van der Waals surface area contributed by atoms with E-state index in [0.717, 1.165) is 19.4 Å². The van der Waals surface area contributed by atoms with E-state index in [-0.39, 0.29) is 6.04 Å². The molecule has 0 aromatic heterocycles. The first-order valence-electron chi connectivity index (χ1n) is 9.03. The average Bonchev–Trinajstić information content (AvgIpc) is 2.64. The quantitative estimate of drug-likeness (QED) is 0.391. The zero-order valence-corrected chi connectivity index (χ0v) is 15.2. The second-order valence-electron chi connectivity index (χ2n) is 6.72. The molecule has 3 aromatic rings. The lowest BCUT2D eigenvalue weighted by molar-refractivity contribution is -0.565. The minimum absolute atomic E-state index is 0.258. The lowest BCUT2D eigenvalue weighted by Gasteiger charge is -2.17. The molecule has 0 bridgehead atoms. The zero-order chi connectivity index (χ0) is 17.6. The van der Waals surface area contributed by atoms with E-state index in [1.807, 2.05) is 0 Å². The van der Waals surface area contributed by atoms with Crippen molar-refractivity contribution in [3.8, 4) is 0 Å². The fourth-order valence-electron chi connectivity index (χ4n) is 3.52. The van der Waals surface area contributed by atoms with Gasteiger partial charge in [0.25, 0.3) is 0 Å². The van der Waals surface area contributed by atoms with Gasteiger partial charge in [0.05, 0.1) is 6.54 Å². The number of hydrogen-bond donors (Lipinski definition) is 1. The third-order valence-corrected chi connectivity index (χ3v) is 4.93. The van der Waals surface area contributed by atoms with E-state index in [9.17, 15) is 0 Å². The predicted octanol–water partition coefficient (Wildman–Crippen LogP) is 4.84. The predicted molar refractivity (Wildman–Crippen MR) is 107 cm³/mol. The topological polar surface area (TPSA) is 29.0 Å². The summed E-state index contributed by atoms with van der Waals surface area (Å²) in [5.74, 6) is 0. The average molecular weight is 331 g/mol. The standard InChI is InChI=1S/C23H26N2/c1-18-8-5-9-20(16-18)10-7-15-25(17-24)19(2)22-14-6-12-21-11-3-4-13-23(21)22/h3-6,8-9,11-14,16-17,19,24H,7,10,15H2,1-2H3/p+1/t19-/m1/s1. The van der Waals surface area contributed by atoms with E-state index in [1.54, 1.807) is 6.34 Å². The van der Waals surface area contributed by atoms with Crippen LogP contribution < -0.4 is 5.73 Å². The van der Waals surface area contributed by atoms with E-state index >= 15 is 0 Å². The first-order valence-corrected chi connectivity index (χ1v) is 9.03. The highest BCUT2D eigenvalue weighted by molar-refractivity contribution is 5.85. The molecule has 0 aliphatic rings. The highest BCUT2D eigenvalue weighted by Crippen LogP contribution is 2.26. The lowest BCUT2D eigenvalue weighted by atomic mass is 9.99. The monoisotopic (exact) mass is 331 g/mol. The summed E-state index contributed by atoms with van der Waals surface area (Å²) >= 11 is 0. The third-order valence-electron chi connectivity index (χ3n) is 4.93. The molecular weight excluding hydrogens is 304 g/mol. The maximum Gasteiger partial charge on any atom is 0.230 e. The second kappa shape index (κ2) is 7.98. The van der Waals surface area contributed by atoms with Gasteiger partial charge in [-0.05, 0) is 43.0 Å². The van der Waals surface area contributed by atoms with E-state index < -0.39 is 0 Å². The molecule has 0 fully saturated rings. The van der Waals surface area contributed by atoms with Gasteiger partial charge in [-0.25, -0.2) is 0 Å². The summed E-state index contributed by atoms with van der Waals surface area (Å²) in [7, 11) is 0. The molecule has 0 saturated heterocycles. The van der Waals surface area contributed by atoms with E-state index in [0.29, 0.717) is 0 Å². The Balaban J connectivity index is 1.72. The molecule has 2 N–H and O–H groups in total. The molecule has 0 saturated carbocycles. The highest BCUT2D eigenvalue weighted by atomic mass is 15.1. The summed E-state index contributed by atoms with van der Waals surface area (Å²) < 4.78 is 2.25. The van der Waals surface area contributed by atoms with Crippen LogP contribution in [0.3, 0.4) is 0 Å². The maximum absolute atomic E-state index is 5.96. The van der Waals surface area contributed by atoms with Crippen molar-refractivity contribution >= 4 is 17.1 Å². The summed E-state index contributed by atoms with van der Waals surface area (Å²) in [5.41, 5.74) is 10.0. The summed E-state index contributed by atoms with van der Waals surface area (Å²) in [6.07, 6.45) is 3.91. The number of nitrogens with two attached hydrogens (primary N) is 1. The van der Waals surface area contributed by atoms with Gasteiger partial charge in [-0.1, -0.05) is 72.3 Å². The molecule has 2 nitrogen and oxygen atoms in total. The summed E-state index contributed by atoms with van der Waals surface area (Å²) in [6, 6.07) is 24.1.